The van der Waals surface area contributed by atoms with Crippen LogP contribution in [0.4, 0.5) is 0 Å². The number of ether oxygens (including phenoxy) is 2. The zero-order valence-corrected chi connectivity index (χ0v) is 18.4. The topological polar surface area (TPSA) is 47.7 Å². The zero-order chi connectivity index (χ0) is 20.3. The first-order valence-electron chi connectivity index (χ1n) is 11.9. The van der Waals surface area contributed by atoms with Crippen molar-refractivity contribution < 1.29 is 9.47 Å². The molecule has 4 nitrogen and oxygen atoms in total. The number of methoxy groups -OCH3 is 1. The second-order valence-corrected chi connectivity index (χ2v) is 9.21. The Hall–Kier alpha value is -0.940. The van der Waals surface area contributed by atoms with E-state index in [4.69, 9.17) is 15.2 Å². The molecule has 0 spiro atoms. The van der Waals surface area contributed by atoms with Gasteiger partial charge in [-0.2, -0.15) is 0 Å². The van der Waals surface area contributed by atoms with Crippen molar-refractivity contribution in [2.45, 2.75) is 69.9 Å². The van der Waals surface area contributed by atoms with E-state index in [1.54, 1.807) is 7.11 Å². The number of likely N-dealkylation sites (tertiary alicyclic amines) is 1. The Labute approximate surface area is 178 Å². The first-order chi connectivity index (χ1) is 14.3. The second kappa shape index (κ2) is 12.7. The van der Waals surface area contributed by atoms with Crippen molar-refractivity contribution in [3.05, 3.63) is 35.9 Å². The first kappa shape index (κ1) is 22.7. The molecule has 29 heavy (non-hydrogen) atoms. The number of hydrogen-bond acceptors (Lipinski definition) is 4. The van der Waals surface area contributed by atoms with Gasteiger partial charge in [-0.3, -0.25) is 0 Å². The summed E-state index contributed by atoms with van der Waals surface area (Å²) in [6, 6.07) is 11.1. The van der Waals surface area contributed by atoms with Gasteiger partial charge in [0.15, 0.2) is 0 Å². The standard InChI is InChI=1S/C25H42N2O2/c1-28-16-9-17-29-25(22-12-6-3-7-13-22)23-14-8-15-27(19-23)20-24(26)18-21-10-4-2-5-11-21/h3,6-7,12-13,21,23-25H,2,4-5,8-11,14-20,26H2,1H3. The maximum absolute atomic E-state index is 6.59. The molecule has 2 N–H and O–H groups in total. The van der Waals surface area contributed by atoms with Crippen LogP contribution in [0.2, 0.25) is 0 Å². The molecular weight excluding hydrogens is 360 g/mol. The van der Waals surface area contributed by atoms with E-state index in [2.05, 4.69) is 35.2 Å². The van der Waals surface area contributed by atoms with Gasteiger partial charge in [0, 0.05) is 45.4 Å². The van der Waals surface area contributed by atoms with Crippen LogP contribution in [0.15, 0.2) is 30.3 Å². The third kappa shape index (κ3) is 7.67. The number of nitrogens with two attached hydrogens (primary N) is 1. The second-order valence-electron chi connectivity index (χ2n) is 9.21. The van der Waals surface area contributed by atoms with Crippen LogP contribution in [0, 0.1) is 11.8 Å². The van der Waals surface area contributed by atoms with E-state index in [-0.39, 0.29) is 6.10 Å². The van der Waals surface area contributed by atoms with Crippen molar-refractivity contribution in [1.29, 1.82) is 0 Å². The highest BCUT2D eigenvalue weighted by molar-refractivity contribution is 5.18. The first-order valence-corrected chi connectivity index (χ1v) is 11.9. The molecule has 1 aromatic carbocycles. The fraction of sp³-hybridized carbons (Fsp3) is 0.760. The summed E-state index contributed by atoms with van der Waals surface area (Å²) in [6.07, 6.45) is 11.8. The minimum absolute atomic E-state index is 0.172. The lowest BCUT2D eigenvalue weighted by Crippen LogP contribution is -2.45. The van der Waals surface area contributed by atoms with E-state index in [0.717, 1.165) is 38.6 Å². The average molecular weight is 403 g/mol. The predicted octanol–water partition coefficient (Wildman–Crippen LogP) is 4.79. The summed E-state index contributed by atoms with van der Waals surface area (Å²) in [5, 5.41) is 0. The summed E-state index contributed by atoms with van der Waals surface area (Å²) < 4.78 is 11.6. The van der Waals surface area contributed by atoms with Gasteiger partial charge in [-0.05, 0) is 43.7 Å². The molecule has 0 amide bonds. The summed E-state index contributed by atoms with van der Waals surface area (Å²) in [4.78, 5) is 2.61. The number of piperidine rings is 1. The summed E-state index contributed by atoms with van der Waals surface area (Å²) in [7, 11) is 1.75. The fourth-order valence-electron chi connectivity index (χ4n) is 5.32. The van der Waals surface area contributed by atoms with E-state index < -0.39 is 0 Å². The van der Waals surface area contributed by atoms with Crippen molar-refractivity contribution in [3.63, 3.8) is 0 Å². The summed E-state index contributed by atoms with van der Waals surface area (Å²) >= 11 is 0. The fourth-order valence-corrected chi connectivity index (χ4v) is 5.32. The lowest BCUT2D eigenvalue weighted by molar-refractivity contribution is -0.0228. The molecule has 3 rings (SSSR count). The maximum atomic E-state index is 6.59. The Morgan fingerprint density at radius 1 is 1.03 bits per heavy atom. The third-order valence-corrected chi connectivity index (χ3v) is 6.74. The maximum Gasteiger partial charge on any atom is 0.0865 e. The lowest BCUT2D eigenvalue weighted by Gasteiger charge is -2.38. The molecule has 1 heterocycles. The highest BCUT2D eigenvalue weighted by Gasteiger charge is 2.30. The largest absolute Gasteiger partial charge is 0.385 e. The van der Waals surface area contributed by atoms with E-state index in [1.165, 1.54) is 63.5 Å². The molecule has 1 saturated heterocycles. The molecule has 1 aliphatic heterocycles. The number of rotatable bonds is 11. The molecule has 1 aliphatic carbocycles. The normalized spacial score (nSPS) is 23.7. The monoisotopic (exact) mass is 402 g/mol. The van der Waals surface area contributed by atoms with E-state index in [0.29, 0.717) is 12.0 Å². The van der Waals surface area contributed by atoms with Gasteiger partial charge in [0.1, 0.15) is 0 Å². The van der Waals surface area contributed by atoms with Crippen molar-refractivity contribution in [3.8, 4) is 0 Å². The van der Waals surface area contributed by atoms with Crippen molar-refractivity contribution >= 4 is 0 Å². The van der Waals surface area contributed by atoms with Crippen LogP contribution in [-0.2, 0) is 9.47 Å². The van der Waals surface area contributed by atoms with E-state index in [1.807, 2.05) is 0 Å². The van der Waals surface area contributed by atoms with E-state index >= 15 is 0 Å². The Bertz CT molecular complexity index is 547. The van der Waals surface area contributed by atoms with Gasteiger partial charge >= 0.3 is 0 Å². The lowest BCUT2D eigenvalue weighted by atomic mass is 9.84. The minimum atomic E-state index is 0.172. The van der Waals surface area contributed by atoms with Gasteiger partial charge in [0.25, 0.3) is 0 Å². The molecule has 2 fully saturated rings. The number of benzene rings is 1. The molecule has 4 heteroatoms. The van der Waals surface area contributed by atoms with Gasteiger partial charge in [0.2, 0.25) is 0 Å². The van der Waals surface area contributed by atoms with Crippen molar-refractivity contribution in [2.24, 2.45) is 17.6 Å². The molecule has 164 valence electrons. The average Bonchev–Trinajstić information content (AvgIpc) is 2.75. The van der Waals surface area contributed by atoms with Gasteiger partial charge in [-0.1, -0.05) is 62.4 Å². The van der Waals surface area contributed by atoms with Gasteiger partial charge < -0.3 is 20.1 Å². The van der Waals surface area contributed by atoms with Crippen LogP contribution in [0.1, 0.15) is 69.5 Å². The van der Waals surface area contributed by atoms with Crippen LogP contribution in [0.25, 0.3) is 0 Å². The van der Waals surface area contributed by atoms with E-state index in [9.17, 15) is 0 Å². The third-order valence-electron chi connectivity index (χ3n) is 6.74. The van der Waals surface area contributed by atoms with Gasteiger partial charge in [-0.25, -0.2) is 0 Å². The molecule has 0 radical (unpaired) electrons. The molecule has 1 aromatic rings. The SMILES string of the molecule is COCCCOC(c1ccccc1)C1CCCN(CC(N)CC2CCCCC2)C1. The Kier molecular flexibility index (Phi) is 9.95. The smallest absolute Gasteiger partial charge is 0.0865 e. The van der Waals surface area contributed by atoms with Crippen LogP contribution in [0.5, 0.6) is 0 Å². The molecule has 2 aliphatic rings. The number of nitrogens with zero attached hydrogens (tertiary/aromatic N) is 1. The Morgan fingerprint density at radius 2 is 1.83 bits per heavy atom. The summed E-state index contributed by atoms with van der Waals surface area (Å²) in [5.41, 5.74) is 7.90. The molecular formula is C25H42N2O2. The molecule has 1 saturated carbocycles. The molecule has 3 atom stereocenters. The quantitative estimate of drug-likeness (QED) is 0.541. The highest BCUT2D eigenvalue weighted by atomic mass is 16.5. The van der Waals surface area contributed by atoms with Gasteiger partial charge in [0.05, 0.1) is 6.10 Å². The van der Waals surface area contributed by atoms with Crippen molar-refractivity contribution in [1.82, 2.24) is 4.90 Å². The summed E-state index contributed by atoms with van der Waals surface area (Å²) in [5.74, 6) is 1.40. The van der Waals surface area contributed by atoms with Crippen LogP contribution in [-0.4, -0.2) is 50.9 Å². The van der Waals surface area contributed by atoms with Crippen LogP contribution in [0.3, 0.4) is 0 Å². The molecule has 0 aromatic heterocycles. The summed E-state index contributed by atoms with van der Waals surface area (Å²) in [6.45, 7) is 4.83. The van der Waals surface area contributed by atoms with Crippen molar-refractivity contribution in [2.75, 3.05) is 40.0 Å². The van der Waals surface area contributed by atoms with Crippen LogP contribution < -0.4 is 5.73 Å². The van der Waals surface area contributed by atoms with Crippen LogP contribution >= 0.6 is 0 Å². The molecule has 0 bridgehead atoms. The zero-order valence-electron chi connectivity index (χ0n) is 18.4. The Morgan fingerprint density at radius 3 is 2.59 bits per heavy atom. The predicted molar refractivity (Wildman–Crippen MR) is 120 cm³/mol. The minimum Gasteiger partial charge on any atom is -0.385 e. The Balaban J connectivity index is 1.53. The molecule has 3 unspecified atom stereocenters. The highest BCUT2D eigenvalue weighted by Crippen LogP contribution is 2.33. The van der Waals surface area contributed by atoms with Gasteiger partial charge in [-0.15, -0.1) is 0 Å². The number of hydrogen-bond donors (Lipinski definition) is 1.